The summed E-state index contributed by atoms with van der Waals surface area (Å²) in [6, 6.07) is 11.0. The Balaban J connectivity index is 1.42. The standard InChI is InChI=1S/C28H33F2N3O3S/c1-36-21-5-6-24-22(16-21)27(20(18-29)19-32-24)23(30)7-8-28(17-26(34)35)9-12-33(13-10-28)14-15-37-25-4-2-3-11-31-25/h2-6,11,16,19,23H,7-10,12-15,17-18H2,1H3,(H,34,35)/t23-/m0/s1. The molecule has 0 saturated carbocycles. The van der Waals surface area contributed by atoms with Crippen molar-refractivity contribution in [3.63, 3.8) is 0 Å². The van der Waals surface area contributed by atoms with Crippen molar-refractivity contribution in [1.29, 1.82) is 0 Å². The van der Waals surface area contributed by atoms with Crippen molar-refractivity contribution in [3.05, 3.63) is 59.9 Å². The molecule has 1 fully saturated rings. The Morgan fingerprint density at radius 3 is 2.73 bits per heavy atom. The molecule has 1 aliphatic rings. The molecule has 0 bridgehead atoms. The molecule has 198 valence electrons. The van der Waals surface area contributed by atoms with Gasteiger partial charge in [0.25, 0.3) is 0 Å². The Morgan fingerprint density at radius 1 is 1.24 bits per heavy atom. The van der Waals surface area contributed by atoms with Gasteiger partial charge in [-0.05, 0) is 74.5 Å². The number of carboxylic acids is 1. The summed E-state index contributed by atoms with van der Waals surface area (Å²) in [7, 11) is 1.53. The number of fused-ring (bicyclic) bond motifs is 1. The number of benzene rings is 1. The fraction of sp³-hybridized carbons (Fsp3) is 0.464. The number of aromatic nitrogens is 2. The third-order valence-electron chi connectivity index (χ3n) is 7.32. The number of thioether (sulfide) groups is 1. The van der Waals surface area contributed by atoms with Crippen molar-refractivity contribution in [2.24, 2.45) is 5.41 Å². The van der Waals surface area contributed by atoms with Crippen LogP contribution >= 0.6 is 11.8 Å². The second-order valence-corrected chi connectivity index (χ2v) is 10.8. The van der Waals surface area contributed by atoms with Crippen LogP contribution in [0.3, 0.4) is 0 Å². The van der Waals surface area contributed by atoms with Gasteiger partial charge < -0.3 is 14.7 Å². The number of ether oxygens (including phenoxy) is 1. The highest BCUT2D eigenvalue weighted by Gasteiger charge is 2.37. The molecular formula is C28H33F2N3O3S. The van der Waals surface area contributed by atoms with Crippen molar-refractivity contribution >= 4 is 28.6 Å². The summed E-state index contributed by atoms with van der Waals surface area (Å²) in [6.07, 6.45) is 3.71. The first-order valence-corrected chi connectivity index (χ1v) is 13.5. The molecule has 0 aliphatic carbocycles. The number of rotatable bonds is 12. The Hall–Kier alpha value is -2.78. The van der Waals surface area contributed by atoms with E-state index in [1.165, 1.54) is 13.3 Å². The normalized spacial score (nSPS) is 16.5. The average molecular weight is 530 g/mol. The molecule has 1 N–H and O–H groups in total. The zero-order valence-corrected chi connectivity index (χ0v) is 21.9. The van der Waals surface area contributed by atoms with Crippen molar-refractivity contribution in [2.45, 2.75) is 50.0 Å². The van der Waals surface area contributed by atoms with Gasteiger partial charge in [-0.2, -0.15) is 0 Å². The van der Waals surface area contributed by atoms with Crippen molar-refractivity contribution in [2.75, 3.05) is 32.5 Å². The molecule has 2 aromatic heterocycles. The summed E-state index contributed by atoms with van der Waals surface area (Å²) < 4.78 is 34.9. The largest absolute Gasteiger partial charge is 0.497 e. The zero-order valence-electron chi connectivity index (χ0n) is 21.0. The lowest BCUT2D eigenvalue weighted by Gasteiger charge is -2.41. The SMILES string of the molecule is COc1ccc2ncc(CF)c([C@@H](F)CCC3(CC(=O)O)CCN(CCSc4ccccn4)CC3)c2c1. The van der Waals surface area contributed by atoms with Crippen LogP contribution in [0.4, 0.5) is 8.78 Å². The van der Waals surface area contributed by atoms with E-state index >= 15 is 4.39 Å². The number of carboxylic acid groups (broad SMARTS) is 1. The number of alkyl halides is 2. The highest BCUT2D eigenvalue weighted by molar-refractivity contribution is 7.99. The number of hydrogen-bond donors (Lipinski definition) is 1. The van der Waals surface area contributed by atoms with Crippen LogP contribution in [-0.4, -0.2) is 58.4 Å². The zero-order chi connectivity index (χ0) is 26.3. The molecule has 0 amide bonds. The predicted octanol–water partition coefficient (Wildman–Crippen LogP) is 6.25. The van der Waals surface area contributed by atoms with Crippen molar-refractivity contribution < 1.29 is 23.4 Å². The summed E-state index contributed by atoms with van der Waals surface area (Å²) >= 11 is 1.70. The first kappa shape index (κ1) is 27.3. The van der Waals surface area contributed by atoms with Crippen LogP contribution in [0.5, 0.6) is 5.75 Å². The maximum atomic E-state index is 15.8. The van der Waals surface area contributed by atoms with Crippen LogP contribution in [0, 0.1) is 5.41 Å². The minimum absolute atomic E-state index is 0.0110. The van der Waals surface area contributed by atoms with E-state index in [1.54, 1.807) is 36.2 Å². The molecule has 4 rings (SSSR count). The minimum atomic E-state index is -1.43. The van der Waals surface area contributed by atoms with Gasteiger partial charge in [-0.15, -0.1) is 11.8 Å². The lowest BCUT2D eigenvalue weighted by atomic mass is 9.71. The van der Waals surface area contributed by atoms with Gasteiger partial charge >= 0.3 is 5.97 Å². The Morgan fingerprint density at radius 2 is 2.05 bits per heavy atom. The van der Waals surface area contributed by atoms with Crippen LogP contribution < -0.4 is 4.74 Å². The number of piperidine rings is 1. The van der Waals surface area contributed by atoms with E-state index < -0.39 is 24.2 Å². The monoisotopic (exact) mass is 529 g/mol. The van der Waals surface area contributed by atoms with E-state index in [1.807, 2.05) is 18.2 Å². The Labute approximate surface area is 220 Å². The highest BCUT2D eigenvalue weighted by Crippen LogP contribution is 2.43. The molecule has 0 unspecified atom stereocenters. The lowest BCUT2D eigenvalue weighted by molar-refractivity contribution is -0.141. The second kappa shape index (κ2) is 12.6. The van der Waals surface area contributed by atoms with Crippen LogP contribution in [0.1, 0.15) is 49.4 Å². The predicted molar refractivity (Wildman–Crippen MR) is 142 cm³/mol. The van der Waals surface area contributed by atoms with Crippen LogP contribution in [0.25, 0.3) is 10.9 Å². The molecule has 37 heavy (non-hydrogen) atoms. The summed E-state index contributed by atoms with van der Waals surface area (Å²) in [5.74, 6) is 0.591. The number of carbonyl (C=O) groups is 1. The number of likely N-dealkylation sites (tertiary alicyclic amines) is 1. The Bertz CT molecular complexity index is 1180. The first-order valence-electron chi connectivity index (χ1n) is 12.6. The van der Waals surface area contributed by atoms with Gasteiger partial charge in [-0.1, -0.05) is 6.07 Å². The molecular weight excluding hydrogens is 496 g/mol. The van der Waals surface area contributed by atoms with Gasteiger partial charge in [0.1, 0.15) is 18.6 Å². The van der Waals surface area contributed by atoms with Crippen LogP contribution in [0.2, 0.25) is 0 Å². The molecule has 0 radical (unpaired) electrons. The fourth-order valence-electron chi connectivity index (χ4n) is 5.21. The molecule has 1 aliphatic heterocycles. The van der Waals surface area contributed by atoms with Gasteiger partial charge in [0.15, 0.2) is 0 Å². The topological polar surface area (TPSA) is 75.6 Å². The minimum Gasteiger partial charge on any atom is -0.497 e. The highest BCUT2D eigenvalue weighted by atomic mass is 32.2. The Kier molecular flexibility index (Phi) is 9.32. The quantitative estimate of drug-likeness (QED) is 0.278. The van der Waals surface area contributed by atoms with Gasteiger partial charge in [0.2, 0.25) is 0 Å². The molecule has 3 aromatic rings. The van der Waals surface area contributed by atoms with Crippen molar-refractivity contribution in [1.82, 2.24) is 14.9 Å². The molecule has 9 heteroatoms. The van der Waals surface area contributed by atoms with Crippen LogP contribution in [-0.2, 0) is 11.5 Å². The van der Waals surface area contributed by atoms with Gasteiger partial charge in [0.05, 0.1) is 24.1 Å². The third kappa shape index (κ3) is 6.96. The van der Waals surface area contributed by atoms with E-state index in [9.17, 15) is 14.3 Å². The molecule has 3 heterocycles. The van der Waals surface area contributed by atoms with Crippen molar-refractivity contribution in [3.8, 4) is 5.75 Å². The maximum absolute atomic E-state index is 15.8. The lowest BCUT2D eigenvalue weighted by Crippen LogP contribution is -2.42. The summed E-state index contributed by atoms with van der Waals surface area (Å²) in [5.41, 5.74) is 0.617. The number of nitrogens with zero attached hydrogens (tertiary/aromatic N) is 3. The number of halogens is 2. The van der Waals surface area contributed by atoms with E-state index in [2.05, 4.69) is 14.9 Å². The number of aliphatic carboxylic acids is 1. The molecule has 1 saturated heterocycles. The summed E-state index contributed by atoms with van der Waals surface area (Å²) in [6.45, 7) is 1.62. The summed E-state index contributed by atoms with van der Waals surface area (Å²) in [4.78, 5) is 22.7. The number of methoxy groups -OCH3 is 1. The van der Waals surface area contributed by atoms with Gasteiger partial charge in [-0.25, -0.2) is 13.8 Å². The maximum Gasteiger partial charge on any atom is 0.303 e. The van der Waals surface area contributed by atoms with E-state index in [0.29, 0.717) is 41.5 Å². The molecule has 1 aromatic carbocycles. The second-order valence-electron chi connectivity index (χ2n) is 9.65. The molecule has 0 spiro atoms. The first-order chi connectivity index (χ1) is 17.9. The average Bonchev–Trinajstić information content (AvgIpc) is 2.92. The fourth-order valence-corrected chi connectivity index (χ4v) is 6.08. The summed E-state index contributed by atoms with van der Waals surface area (Å²) in [5, 5.41) is 11.2. The van der Waals surface area contributed by atoms with E-state index in [-0.39, 0.29) is 18.4 Å². The van der Waals surface area contributed by atoms with Crippen LogP contribution in [0.15, 0.2) is 53.8 Å². The number of hydrogen-bond acceptors (Lipinski definition) is 6. The smallest absolute Gasteiger partial charge is 0.303 e. The van der Waals surface area contributed by atoms with E-state index in [0.717, 1.165) is 30.4 Å². The third-order valence-corrected chi connectivity index (χ3v) is 8.25. The van der Waals surface area contributed by atoms with Gasteiger partial charge in [0, 0.05) is 41.2 Å². The van der Waals surface area contributed by atoms with Gasteiger partial charge in [-0.3, -0.25) is 9.78 Å². The number of pyridine rings is 2. The van der Waals surface area contributed by atoms with E-state index in [4.69, 9.17) is 4.74 Å². The molecule has 6 nitrogen and oxygen atoms in total. The molecule has 1 atom stereocenters.